The van der Waals surface area contributed by atoms with Crippen LogP contribution in [-0.2, 0) is 6.42 Å². The summed E-state index contributed by atoms with van der Waals surface area (Å²) < 4.78 is 0. The summed E-state index contributed by atoms with van der Waals surface area (Å²) in [5.41, 5.74) is 0. The number of aryl methyl sites for hydroxylation is 1. The summed E-state index contributed by atoms with van der Waals surface area (Å²) in [6.07, 6.45) is 10.2. The van der Waals surface area contributed by atoms with Gasteiger partial charge in [0, 0.05) is 18.8 Å². The molecule has 0 aliphatic carbocycles. The van der Waals surface area contributed by atoms with Crippen molar-refractivity contribution in [1.82, 2.24) is 9.97 Å². The van der Waals surface area contributed by atoms with Crippen molar-refractivity contribution in [2.75, 3.05) is 0 Å². The molecule has 0 spiro atoms. The minimum Gasteiger partial charge on any atom is -0.349 e. The number of nitrogens with zero attached hydrogens (tertiary/aromatic N) is 1. The Labute approximate surface area is 102 Å². The molecule has 0 saturated carbocycles. The first-order chi connectivity index (χ1) is 7.85. The Morgan fingerprint density at radius 3 is 2.00 bits per heavy atom. The normalized spacial score (nSPS) is 7.62. The van der Waals surface area contributed by atoms with Crippen molar-refractivity contribution in [2.45, 2.75) is 48.0 Å². The molecule has 0 aromatic carbocycles. The molecule has 0 saturated heterocycles. The maximum Gasteiger partial charge on any atom is 0.105 e. The van der Waals surface area contributed by atoms with E-state index in [2.05, 4.69) is 23.5 Å². The predicted molar refractivity (Wildman–Crippen MR) is 75.7 cm³/mol. The molecule has 0 bridgehead atoms. The van der Waals surface area contributed by atoms with Gasteiger partial charge in [0.1, 0.15) is 5.82 Å². The monoisotopic (exact) mass is 224 g/mol. The van der Waals surface area contributed by atoms with Crippen LogP contribution in [0.3, 0.4) is 0 Å². The van der Waals surface area contributed by atoms with Crippen molar-refractivity contribution >= 4 is 0 Å². The van der Waals surface area contributed by atoms with E-state index in [0.717, 1.165) is 12.2 Å². The number of aromatic nitrogens is 2. The Bertz CT molecular complexity index is 211. The molecule has 0 atom stereocenters. The van der Waals surface area contributed by atoms with Crippen molar-refractivity contribution in [3.63, 3.8) is 0 Å². The number of rotatable bonds is 2. The standard InChI is InChI=1S/C5H8N2.C5H8.2C2H6/c1-2-5-6-3-4-7-5;1-3-5-4-2;2*1-2/h3-4H,2H2,1H3,(H,6,7);3-5H,1H2,2H3;2*1-2H3/b;5-4-;;. The van der Waals surface area contributed by atoms with Gasteiger partial charge in [0.25, 0.3) is 0 Å². The SMILES string of the molecule is C=C/C=C\C.CC.CC.CCc1ncc[nH]1. The zero-order chi connectivity index (χ0) is 13.2. The van der Waals surface area contributed by atoms with Crippen molar-refractivity contribution in [3.8, 4) is 0 Å². The van der Waals surface area contributed by atoms with E-state index in [-0.39, 0.29) is 0 Å². The molecule has 94 valence electrons. The Kier molecular flexibility index (Phi) is 29.6. The summed E-state index contributed by atoms with van der Waals surface area (Å²) in [6, 6.07) is 0. The van der Waals surface area contributed by atoms with Crippen LogP contribution < -0.4 is 0 Å². The fourth-order valence-electron chi connectivity index (χ4n) is 0.627. The Morgan fingerprint density at radius 1 is 1.31 bits per heavy atom. The molecule has 0 fully saturated rings. The van der Waals surface area contributed by atoms with Gasteiger partial charge >= 0.3 is 0 Å². The molecular formula is C14H28N2. The van der Waals surface area contributed by atoms with Gasteiger partial charge < -0.3 is 4.98 Å². The fraction of sp³-hybridized carbons (Fsp3) is 0.500. The number of nitrogens with one attached hydrogen (secondary N) is 1. The highest BCUT2D eigenvalue weighted by atomic mass is 14.9. The highest BCUT2D eigenvalue weighted by Crippen LogP contribution is 1.85. The molecule has 0 aliphatic heterocycles. The van der Waals surface area contributed by atoms with Crippen LogP contribution in [-0.4, -0.2) is 9.97 Å². The predicted octanol–water partition coefficient (Wildman–Crippen LogP) is 4.77. The molecule has 16 heavy (non-hydrogen) atoms. The van der Waals surface area contributed by atoms with Crippen molar-refractivity contribution < 1.29 is 0 Å². The van der Waals surface area contributed by atoms with Gasteiger partial charge in [-0.05, 0) is 6.92 Å². The van der Waals surface area contributed by atoms with E-state index >= 15 is 0 Å². The number of allylic oxidation sites excluding steroid dienone is 3. The molecular weight excluding hydrogens is 196 g/mol. The third kappa shape index (κ3) is 18.5. The number of hydrogen-bond donors (Lipinski definition) is 1. The molecule has 2 nitrogen and oxygen atoms in total. The number of aromatic amines is 1. The first kappa shape index (κ1) is 20.1. The van der Waals surface area contributed by atoms with Crippen LogP contribution in [0.25, 0.3) is 0 Å². The fourth-order valence-corrected chi connectivity index (χ4v) is 0.627. The third-order valence-corrected chi connectivity index (χ3v) is 1.22. The lowest BCUT2D eigenvalue weighted by atomic mass is 10.5. The van der Waals surface area contributed by atoms with Crippen molar-refractivity contribution in [2.24, 2.45) is 0 Å². The van der Waals surface area contributed by atoms with Gasteiger partial charge in [-0.3, -0.25) is 0 Å². The molecule has 1 aromatic rings. The second-order valence-electron chi connectivity index (χ2n) is 2.15. The molecule has 0 unspecified atom stereocenters. The highest BCUT2D eigenvalue weighted by molar-refractivity contribution is 4.94. The van der Waals surface area contributed by atoms with E-state index in [1.165, 1.54) is 0 Å². The molecule has 1 N–H and O–H groups in total. The molecule has 1 heterocycles. The highest BCUT2D eigenvalue weighted by Gasteiger charge is 1.82. The summed E-state index contributed by atoms with van der Waals surface area (Å²) in [6.45, 7) is 15.5. The van der Waals surface area contributed by atoms with Gasteiger partial charge in [-0.25, -0.2) is 4.98 Å². The van der Waals surface area contributed by atoms with Crippen molar-refractivity contribution in [3.05, 3.63) is 43.0 Å². The van der Waals surface area contributed by atoms with E-state index in [0.29, 0.717) is 0 Å². The van der Waals surface area contributed by atoms with E-state index < -0.39 is 0 Å². The summed E-state index contributed by atoms with van der Waals surface area (Å²) in [5, 5.41) is 0. The van der Waals surface area contributed by atoms with Gasteiger partial charge in [-0.15, -0.1) is 0 Å². The lowest BCUT2D eigenvalue weighted by molar-refractivity contribution is 0.990. The Morgan fingerprint density at radius 2 is 1.88 bits per heavy atom. The molecule has 0 amide bonds. The topological polar surface area (TPSA) is 28.7 Å². The molecule has 0 radical (unpaired) electrons. The van der Waals surface area contributed by atoms with E-state index in [4.69, 9.17) is 0 Å². The van der Waals surface area contributed by atoms with Crippen LogP contribution in [0.1, 0.15) is 47.4 Å². The quantitative estimate of drug-likeness (QED) is 0.720. The third-order valence-electron chi connectivity index (χ3n) is 1.22. The Balaban J connectivity index is -0.000000167. The minimum absolute atomic E-state index is 0.993. The van der Waals surface area contributed by atoms with Crippen LogP contribution in [0, 0.1) is 0 Å². The first-order valence-corrected chi connectivity index (χ1v) is 6.07. The zero-order valence-corrected chi connectivity index (χ0v) is 11.7. The maximum absolute atomic E-state index is 3.98. The smallest absolute Gasteiger partial charge is 0.105 e. The molecule has 2 heteroatoms. The minimum atomic E-state index is 0.993. The van der Waals surface area contributed by atoms with Gasteiger partial charge in [-0.1, -0.05) is 59.4 Å². The number of H-pyrrole nitrogens is 1. The second-order valence-corrected chi connectivity index (χ2v) is 2.15. The van der Waals surface area contributed by atoms with Crippen molar-refractivity contribution in [1.29, 1.82) is 0 Å². The van der Waals surface area contributed by atoms with Crippen LogP contribution in [0.15, 0.2) is 37.2 Å². The first-order valence-electron chi connectivity index (χ1n) is 6.07. The molecule has 1 rings (SSSR count). The van der Waals surface area contributed by atoms with Crippen LogP contribution in [0.5, 0.6) is 0 Å². The molecule has 0 aliphatic rings. The van der Waals surface area contributed by atoms with E-state index in [1.54, 1.807) is 12.3 Å². The largest absolute Gasteiger partial charge is 0.349 e. The van der Waals surface area contributed by atoms with E-state index in [9.17, 15) is 0 Å². The van der Waals surface area contributed by atoms with Gasteiger partial charge in [0.2, 0.25) is 0 Å². The van der Waals surface area contributed by atoms with Gasteiger partial charge in [0.15, 0.2) is 0 Å². The van der Waals surface area contributed by atoms with Crippen LogP contribution in [0.4, 0.5) is 0 Å². The average molecular weight is 224 g/mol. The summed E-state index contributed by atoms with van der Waals surface area (Å²) in [7, 11) is 0. The summed E-state index contributed by atoms with van der Waals surface area (Å²) in [5.74, 6) is 1.06. The lowest BCUT2D eigenvalue weighted by Gasteiger charge is -1.79. The van der Waals surface area contributed by atoms with Gasteiger partial charge in [-0.2, -0.15) is 0 Å². The number of imidazole rings is 1. The average Bonchev–Trinajstić information content (AvgIpc) is 2.89. The second kappa shape index (κ2) is 23.5. The van der Waals surface area contributed by atoms with Crippen LogP contribution >= 0.6 is 0 Å². The summed E-state index contributed by atoms with van der Waals surface area (Å²) >= 11 is 0. The van der Waals surface area contributed by atoms with E-state index in [1.807, 2.05) is 53.0 Å². The number of hydrogen-bond acceptors (Lipinski definition) is 1. The lowest BCUT2D eigenvalue weighted by Crippen LogP contribution is -1.78. The maximum atomic E-state index is 3.98. The molecule has 1 aromatic heterocycles. The summed E-state index contributed by atoms with van der Waals surface area (Å²) in [4.78, 5) is 6.95. The van der Waals surface area contributed by atoms with Gasteiger partial charge in [0.05, 0.1) is 0 Å². The Hall–Kier alpha value is -1.31. The zero-order valence-electron chi connectivity index (χ0n) is 11.7. The van der Waals surface area contributed by atoms with Crippen LogP contribution in [0.2, 0.25) is 0 Å².